The van der Waals surface area contributed by atoms with Crippen LogP contribution in [0.3, 0.4) is 0 Å². The molecule has 0 radical (unpaired) electrons. The van der Waals surface area contributed by atoms with Crippen molar-refractivity contribution in [2.24, 2.45) is 0 Å². The number of carboxylic acid groups (broad SMARTS) is 1. The Kier molecular flexibility index (Phi) is 5.08. The van der Waals surface area contributed by atoms with Gasteiger partial charge in [0.25, 0.3) is 0 Å². The fourth-order valence-corrected chi connectivity index (χ4v) is 1.89. The number of hydrogen-bond donors (Lipinski definition) is 1. The Bertz CT molecular complexity index is 409. The first-order valence-corrected chi connectivity index (χ1v) is 6.10. The van der Waals surface area contributed by atoms with Crippen LogP contribution < -0.4 is 0 Å². The number of nitrogens with zero attached hydrogens (tertiary/aromatic N) is 1. The minimum atomic E-state index is -0.908. The summed E-state index contributed by atoms with van der Waals surface area (Å²) >= 11 is 3.11. The molecule has 5 heteroatoms. The lowest BCUT2D eigenvalue weighted by molar-refractivity contribution is -0.139. The smallest absolute Gasteiger partial charge is 0.317 e. The van der Waals surface area contributed by atoms with E-state index < -0.39 is 5.97 Å². The zero-order valence-electron chi connectivity index (χ0n) is 9.78. The first-order valence-electron chi connectivity index (χ1n) is 5.30. The molecule has 0 fully saturated rings. The third-order valence-corrected chi connectivity index (χ3v) is 3.09. The van der Waals surface area contributed by atoms with Crippen molar-refractivity contribution >= 4 is 21.9 Å². The molecule has 1 aromatic rings. The van der Waals surface area contributed by atoms with Gasteiger partial charge in [0.2, 0.25) is 0 Å². The highest BCUT2D eigenvalue weighted by Gasteiger charge is 2.16. The van der Waals surface area contributed by atoms with Crippen LogP contribution in [0.15, 0.2) is 22.7 Å². The first-order chi connectivity index (χ1) is 7.91. The normalized spacial score (nSPS) is 11.2. The van der Waals surface area contributed by atoms with Crippen LogP contribution >= 0.6 is 15.9 Å². The van der Waals surface area contributed by atoms with Gasteiger partial charge in [-0.2, -0.15) is 0 Å². The second kappa shape index (κ2) is 6.12. The van der Waals surface area contributed by atoms with E-state index in [0.717, 1.165) is 0 Å². The van der Waals surface area contributed by atoms with Crippen molar-refractivity contribution in [1.29, 1.82) is 0 Å². The van der Waals surface area contributed by atoms with E-state index in [-0.39, 0.29) is 24.9 Å². The van der Waals surface area contributed by atoms with Crippen molar-refractivity contribution in [3.05, 3.63) is 34.1 Å². The average Bonchev–Trinajstić information content (AvgIpc) is 2.22. The van der Waals surface area contributed by atoms with Crippen molar-refractivity contribution in [1.82, 2.24) is 4.90 Å². The Morgan fingerprint density at radius 2 is 2.18 bits per heavy atom. The van der Waals surface area contributed by atoms with Gasteiger partial charge in [-0.25, -0.2) is 4.39 Å². The van der Waals surface area contributed by atoms with Crippen molar-refractivity contribution in [3.8, 4) is 0 Å². The molecule has 0 heterocycles. The number of hydrogen-bond acceptors (Lipinski definition) is 2. The summed E-state index contributed by atoms with van der Waals surface area (Å²) in [6.45, 7) is 3.97. The van der Waals surface area contributed by atoms with Crippen LogP contribution in [-0.2, 0) is 11.3 Å². The maximum Gasteiger partial charge on any atom is 0.317 e. The number of halogens is 2. The van der Waals surface area contributed by atoms with E-state index in [2.05, 4.69) is 15.9 Å². The maximum atomic E-state index is 13.7. The molecular weight excluding hydrogens is 289 g/mol. The molecule has 1 N–H and O–H groups in total. The van der Waals surface area contributed by atoms with Gasteiger partial charge in [0.1, 0.15) is 5.82 Å². The van der Waals surface area contributed by atoms with Crippen molar-refractivity contribution < 1.29 is 14.3 Å². The van der Waals surface area contributed by atoms with Crippen LogP contribution in [0, 0.1) is 5.82 Å². The monoisotopic (exact) mass is 303 g/mol. The van der Waals surface area contributed by atoms with E-state index in [1.54, 1.807) is 23.1 Å². The molecule has 0 aliphatic rings. The molecule has 0 aliphatic heterocycles. The van der Waals surface area contributed by atoms with Crippen LogP contribution in [0.1, 0.15) is 19.4 Å². The standard InChI is InChI=1S/C12H15BrFNO2/c1-8(2)15(7-11(16)17)6-9-4-3-5-10(13)12(9)14/h3-5,8H,6-7H2,1-2H3,(H,16,17). The van der Waals surface area contributed by atoms with E-state index in [1.807, 2.05) is 13.8 Å². The Morgan fingerprint density at radius 1 is 1.53 bits per heavy atom. The second-order valence-corrected chi connectivity index (χ2v) is 4.96. The zero-order valence-corrected chi connectivity index (χ0v) is 11.4. The van der Waals surface area contributed by atoms with Crippen LogP contribution in [0.4, 0.5) is 4.39 Å². The molecule has 3 nitrogen and oxygen atoms in total. The second-order valence-electron chi connectivity index (χ2n) is 4.11. The van der Waals surface area contributed by atoms with Gasteiger partial charge in [-0.05, 0) is 35.8 Å². The van der Waals surface area contributed by atoms with Gasteiger partial charge in [-0.1, -0.05) is 12.1 Å². The summed E-state index contributed by atoms with van der Waals surface area (Å²) in [6, 6.07) is 5.07. The lowest BCUT2D eigenvalue weighted by Crippen LogP contribution is -2.35. The van der Waals surface area contributed by atoms with Crippen LogP contribution in [0.5, 0.6) is 0 Å². The van der Waals surface area contributed by atoms with Crippen molar-refractivity contribution in [3.63, 3.8) is 0 Å². The summed E-state index contributed by atoms with van der Waals surface area (Å²) in [5, 5.41) is 8.79. The molecule has 1 rings (SSSR count). The summed E-state index contributed by atoms with van der Waals surface area (Å²) in [5.74, 6) is -1.24. The van der Waals surface area contributed by atoms with Crippen molar-refractivity contribution in [2.45, 2.75) is 26.4 Å². The fourth-order valence-electron chi connectivity index (χ4n) is 1.48. The van der Waals surface area contributed by atoms with Gasteiger partial charge < -0.3 is 5.11 Å². The lowest BCUT2D eigenvalue weighted by Gasteiger charge is -2.24. The maximum absolute atomic E-state index is 13.7. The summed E-state index contributed by atoms with van der Waals surface area (Å²) in [5.41, 5.74) is 0.495. The first kappa shape index (κ1) is 14.1. The number of rotatable bonds is 5. The predicted octanol–water partition coefficient (Wildman–Crippen LogP) is 2.88. The summed E-state index contributed by atoms with van der Waals surface area (Å²) in [4.78, 5) is 12.4. The molecule has 0 saturated carbocycles. The van der Waals surface area contributed by atoms with E-state index in [4.69, 9.17) is 5.11 Å². The highest BCUT2D eigenvalue weighted by Crippen LogP contribution is 2.20. The Morgan fingerprint density at radius 3 is 2.71 bits per heavy atom. The fraction of sp³-hybridized carbons (Fsp3) is 0.417. The SMILES string of the molecule is CC(C)N(CC(=O)O)Cc1cccc(Br)c1F. The molecule has 0 unspecified atom stereocenters. The Balaban J connectivity index is 2.86. The highest BCUT2D eigenvalue weighted by molar-refractivity contribution is 9.10. The van der Waals surface area contributed by atoms with E-state index >= 15 is 0 Å². The third kappa shape index (κ3) is 4.09. The Hall–Kier alpha value is -0.940. The van der Waals surface area contributed by atoms with Gasteiger partial charge in [-0.15, -0.1) is 0 Å². The molecule has 17 heavy (non-hydrogen) atoms. The third-order valence-electron chi connectivity index (χ3n) is 2.47. The van der Waals surface area contributed by atoms with Gasteiger partial charge in [0.15, 0.2) is 0 Å². The lowest BCUT2D eigenvalue weighted by atomic mass is 10.1. The van der Waals surface area contributed by atoms with Gasteiger partial charge in [0, 0.05) is 18.2 Å². The van der Waals surface area contributed by atoms with E-state index in [9.17, 15) is 9.18 Å². The zero-order chi connectivity index (χ0) is 13.0. The molecule has 94 valence electrons. The molecule has 0 atom stereocenters. The molecule has 0 amide bonds. The minimum absolute atomic E-state index is 0.0458. The van der Waals surface area contributed by atoms with Gasteiger partial charge >= 0.3 is 5.97 Å². The molecule has 0 aliphatic carbocycles. The molecule has 0 bridgehead atoms. The average molecular weight is 304 g/mol. The molecule has 0 saturated heterocycles. The van der Waals surface area contributed by atoms with Gasteiger partial charge in [-0.3, -0.25) is 9.69 Å². The summed E-state index contributed by atoms with van der Waals surface area (Å²) in [7, 11) is 0. The molecule has 1 aromatic carbocycles. The van der Waals surface area contributed by atoms with E-state index in [1.165, 1.54) is 0 Å². The van der Waals surface area contributed by atoms with Crippen LogP contribution in [0.2, 0.25) is 0 Å². The predicted molar refractivity (Wildman–Crippen MR) is 67.3 cm³/mol. The van der Waals surface area contributed by atoms with Crippen LogP contribution in [-0.4, -0.2) is 28.6 Å². The van der Waals surface area contributed by atoms with Crippen LogP contribution in [0.25, 0.3) is 0 Å². The largest absolute Gasteiger partial charge is 0.480 e. The number of aliphatic carboxylic acids is 1. The van der Waals surface area contributed by atoms with Crippen molar-refractivity contribution in [2.75, 3.05) is 6.54 Å². The molecule has 0 spiro atoms. The Labute approximate surface area is 108 Å². The van der Waals surface area contributed by atoms with E-state index in [0.29, 0.717) is 10.0 Å². The molecular formula is C12H15BrFNO2. The number of carboxylic acids is 1. The highest BCUT2D eigenvalue weighted by atomic mass is 79.9. The number of benzene rings is 1. The van der Waals surface area contributed by atoms with Gasteiger partial charge in [0.05, 0.1) is 11.0 Å². The molecule has 0 aromatic heterocycles. The topological polar surface area (TPSA) is 40.5 Å². The quantitative estimate of drug-likeness (QED) is 0.909. The number of carbonyl (C=O) groups is 1. The summed E-state index contributed by atoms with van der Waals surface area (Å²) in [6.07, 6.45) is 0. The minimum Gasteiger partial charge on any atom is -0.480 e. The summed E-state index contributed by atoms with van der Waals surface area (Å²) < 4.78 is 14.1.